The molecule has 1 heterocycles. The lowest BCUT2D eigenvalue weighted by Crippen LogP contribution is -2.19. The van der Waals surface area contributed by atoms with Gasteiger partial charge in [-0.1, -0.05) is 12.2 Å². The maximum Gasteiger partial charge on any atom is 0.303 e. The second-order valence-corrected chi connectivity index (χ2v) is 4.59. The molecule has 0 aromatic heterocycles. The second kappa shape index (κ2) is 4.97. The summed E-state index contributed by atoms with van der Waals surface area (Å²) in [6.45, 7) is 0. The van der Waals surface area contributed by atoms with Crippen molar-refractivity contribution < 1.29 is 19.7 Å². The Labute approximate surface area is 94.9 Å². The molecule has 0 spiro atoms. The van der Waals surface area contributed by atoms with Gasteiger partial charge < -0.3 is 14.9 Å². The van der Waals surface area contributed by atoms with Crippen LogP contribution in [0.3, 0.4) is 0 Å². The molecule has 2 aliphatic rings. The van der Waals surface area contributed by atoms with Crippen molar-refractivity contribution in [2.24, 2.45) is 5.92 Å². The van der Waals surface area contributed by atoms with Crippen molar-refractivity contribution in [3.8, 4) is 0 Å². The van der Waals surface area contributed by atoms with Crippen molar-refractivity contribution in [2.45, 2.75) is 50.4 Å². The number of ether oxygens (including phenoxy) is 1. The fourth-order valence-electron chi connectivity index (χ4n) is 2.44. The van der Waals surface area contributed by atoms with E-state index in [1.807, 2.05) is 12.2 Å². The van der Waals surface area contributed by atoms with Crippen LogP contribution in [0.2, 0.25) is 0 Å². The topological polar surface area (TPSA) is 70.1 Å². The molecule has 2 N–H and O–H groups in total. The number of hydrogen-bond donors (Lipinski definition) is 2. The molecule has 0 amide bonds. The van der Waals surface area contributed by atoms with Crippen LogP contribution in [-0.2, 0) is 9.53 Å². The third-order valence-electron chi connectivity index (χ3n) is 3.37. The van der Waals surface area contributed by atoms with Gasteiger partial charge in [-0.2, -0.15) is 0 Å². The van der Waals surface area contributed by atoms with Gasteiger partial charge in [-0.3, -0.25) is 4.79 Å². The molecule has 0 aromatic rings. The van der Waals surface area contributed by atoms with Gasteiger partial charge in [0.05, 0.1) is 18.3 Å². The third kappa shape index (κ3) is 2.83. The molecule has 2 rings (SSSR count). The molecule has 4 unspecified atom stereocenters. The molecule has 16 heavy (non-hydrogen) atoms. The lowest BCUT2D eigenvalue weighted by molar-refractivity contribution is -0.136. The second-order valence-electron chi connectivity index (χ2n) is 4.59. The summed E-state index contributed by atoms with van der Waals surface area (Å²) in [6.07, 6.45) is 7.72. The van der Waals surface area contributed by atoms with Crippen LogP contribution in [-0.4, -0.2) is 34.5 Å². The number of carboxylic acid groups (broad SMARTS) is 1. The van der Waals surface area contributed by atoms with Crippen LogP contribution in [0, 0.1) is 5.92 Å². The van der Waals surface area contributed by atoms with Crippen molar-refractivity contribution in [3.63, 3.8) is 0 Å². The predicted molar refractivity (Wildman–Crippen MR) is 58.0 cm³/mol. The first kappa shape index (κ1) is 11.6. The molecular weight excluding hydrogens is 208 g/mol. The van der Waals surface area contributed by atoms with E-state index in [1.54, 1.807) is 0 Å². The molecule has 4 heteroatoms. The number of carboxylic acids is 1. The zero-order valence-corrected chi connectivity index (χ0v) is 9.21. The Balaban J connectivity index is 1.59. The quantitative estimate of drug-likeness (QED) is 0.529. The van der Waals surface area contributed by atoms with E-state index < -0.39 is 5.97 Å². The highest BCUT2D eigenvalue weighted by atomic mass is 16.6. The smallest absolute Gasteiger partial charge is 0.303 e. The van der Waals surface area contributed by atoms with E-state index >= 15 is 0 Å². The summed E-state index contributed by atoms with van der Waals surface area (Å²) in [6, 6.07) is 0. The third-order valence-corrected chi connectivity index (χ3v) is 3.37. The van der Waals surface area contributed by atoms with Crippen LogP contribution in [0.1, 0.15) is 32.1 Å². The van der Waals surface area contributed by atoms with Gasteiger partial charge in [-0.05, 0) is 19.3 Å². The molecule has 1 aliphatic heterocycles. The summed E-state index contributed by atoms with van der Waals surface area (Å²) in [7, 11) is 0. The lowest BCUT2D eigenvalue weighted by atomic mass is 9.98. The summed E-state index contributed by atoms with van der Waals surface area (Å²) in [5.74, 6) is -0.473. The van der Waals surface area contributed by atoms with Crippen LogP contribution in [0.5, 0.6) is 0 Å². The first-order chi connectivity index (χ1) is 7.68. The number of aliphatic carboxylic acids is 1. The summed E-state index contributed by atoms with van der Waals surface area (Å²) < 4.78 is 5.38. The van der Waals surface area contributed by atoms with Gasteiger partial charge >= 0.3 is 5.97 Å². The van der Waals surface area contributed by atoms with Crippen LogP contribution in [0.25, 0.3) is 0 Å². The first-order valence-electron chi connectivity index (χ1n) is 5.89. The number of aliphatic hydroxyl groups is 1. The monoisotopic (exact) mass is 226 g/mol. The number of epoxide rings is 1. The molecule has 2 fully saturated rings. The molecule has 1 saturated carbocycles. The van der Waals surface area contributed by atoms with E-state index in [4.69, 9.17) is 9.84 Å². The number of fused-ring (bicyclic) bond motifs is 1. The van der Waals surface area contributed by atoms with Gasteiger partial charge in [-0.25, -0.2) is 0 Å². The van der Waals surface area contributed by atoms with Crippen LogP contribution >= 0.6 is 0 Å². The average molecular weight is 226 g/mol. The molecule has 0 bridgehead atoms. The van der Waals surface area contributed by atoms with Gasteiger partial charge in [-0.15, -0.1) is 0 Å². The number of rotatable bonds is 6. The van der Waals surface area contributed by atoms with E-state index in [1.165, 1.54) is 0 Å². The fraction of sp³-hybridized carbons (Fsp3) is 0.750. The van der Waals surface area contributed by atoms with Gasteiger partial charge in [0.1, 0.15) is 0 Å². The Morgan fingerprint density at radius 3 is 2.75 bits per heavy atom. The Morgan fingerprint density at radius 2 is 2.12 bits per heavy atom. The molecular formula is C12H18O4. The Kier molecular flexibility index (Phi) is 3.61. The zero-order chi connectivity index (χ0) is 11.5. The van der Waals surface area contributed by atoms with Crippen LogP contribution < -0.4 is 0 Å². The van der Waals surface area contributed by atoms with E-state index in [0.29, 0.717) is 18.6 Å². The van der Waals surface area contributed by atoms with Crippen LogP contribution in [0.4, 0.5) is 0 Å². The maximum atomic E-state index is 10.2. The molecule has 90 valence electrons. The van der Waals surface area contributed by atoms with Gasteiger partial charge in [0, 0.05) is 18.8 Å². The van der Waals surface area contributed by atoms with Crippen molar-refractivity contribution in [3.05, 3.63) is 12.2 Å². The molecule has 0 aromatic carbocycles. The summed E-state index contributed by atoms with van der Waals surface area (Å²) in [4.78, 5) is 10.2. The minimum atomic E-state index is -0.759. The first-order valence-corrected chi connectivity index (χ1v) is 5.89. The number of allylic oxidation sites excluding steroid dienone is 2. The summed E-state index contributed by atoms with van der Waals surface area (Å²) in [5, 5.41) is 18.1. The molecule has 1 aliphatic carbocycles. The summed E-state index contributed by atoms with van der Waals surface area (Å²) >= 11 is 0. The maximum absolute atomic E-state index is 10.2. The molecule has 0 radical (unpaired) electrons. The SMILES string of the molecule is O=C(O)CC/C=C/CCC1C(O)CC2OC21. The Morgan fingerprint density at radius 1 is 1.38 bits per heavy atom. The highest BCUT2D eigenvalue weighted by Gasteiger charge is 2.54. The zero-order valence-electron chi connectivity index (χ0n) is 9.21. The minimum Gasteiger partial charge on any atom is -0.481 e. The van der Waals surface area contributed by atoms with Crippen molar-refractivity contribution in [1.29, 1.82) is 0 Å². The predicted octanol–water partition coefficient (Wildman–Crippen LogP) is 1.34. The number of carbonyl (C=O) groups is 1. The van der Waals surface area contributed by atoms with Crippen LogP contribution in [0.15, 0.2) is 12.2 Å². The average Bonchev–Trinajstić information content (AvgIpc) is 2.89. The van der Waals surface area contributed by atoms with Crippen molar-refractivity contribution in [2.75, 3.05) is 0 Å². The number of hydrogen-bond acceptors (Lipinski definition) is 3. The molecule has 4 atom stereocenters. The van der Waals surface area contributed by atoms with E-state index in [2.05, 4.69) is 0 Å². The highest BCUT2D eigenvalue weighted by Crippen LogP contribution is 2.45. The standard InChI is InChI=1S/C12H18O4/c13-9-7-10-12(16-10)8(9)5-3-1-2-4-6-11(14)15/h1-2,8-10,12-13H,3-7H2,(H,14,15)/b2-1+. The molecule has 4 nitrogen and oxygen atoms in total. The largest absolute Gasteiger partial charge is 0.481 e. The Bertz CT molecular complexity index is 285. The fourth-order valence-corrected chi connectivity index (χ4v) is 2.44. The number of aliphatic hydroxyl groups excluding tert-OH is 1. The van der Waals surface area contributed by atoms with E-state index in [0.717, 1.165) is 19.3 Å². The Hall–Kier alpha value is -0.870. The summed E-state index contributed by atoms with van der Waals surface area (Å²) in [5.41, 5.74) is 0. The van der Waals surface area contributed by atoms with Crippen molar-refractivity contribution >= 4 is 5.97 Å². The molecule has 1 saturated heterocycles. The van der Waals surface area contributed by atoms with Crippen molar-refractivity contribution in [1.82, 2.24) is 0 Å². The normalized spacial score (nSPS) is 36.6. The van der Waals surface area contributed by atoms with E-state index in [9.17, 15) is 9.90 Å². The van der Waals surface area contributed by atoms with Gasteiger partial charge in [0.2, 0.25) is 0 Å². The lowest BCUT2D eigenvalue weighted by Gasteiger charge is -2.15. The minimum absolute atomic E-state index is 0.191. The van der Waals surface area contributed by atoms with Gasteiger partial charge in [0.25, 0.3) is 0 Å². The highest BCUT2D eigenvalue weighted by molar-refractivity contribution is 5.66. The van der Waals surface area contributed by atoms with Gasteiger partial charge in [0.15, 0.2) is 0 Å². The van der Waals surface area contributed by atoms with E-state index in [-0.39, 0.29) is 18.4 Å².